The van der Waals surface area contributed by atoms with Gasteiger partial charge in [0, 0.05) is 12.1 Å². The summed E-state index contributed by atoms with van der Waals surface area (Å²) < 4.78 is 3.35. The van der Waals surface area contributed by atoms with E-state index in [2.05, 4.69) is 21.7 Å². The summed E-state index contributed by atoms with van der Waals surface area (Å²) in [5.74, 6) is 0. The SMILES string of the molecule is Cn1c(=Nc2ccc(Cl)cc2)sc2ccccc21. The Hall–Kier alpha value is -1.58. The second-order valence-electron chi connectivity index (χ2n) is 4.00. The minimum atomic E-state index is 0.731. The first-order valence-electron chi connectivity index (χ1n) is 5.59. The zero-order chi connectivity index (χ0) is 12.5. The van der Waals surface area contributed by atoms with Crippen molar-refractivity contribution in [3.8, 4) is 0 Å². The van der Waals surface area contributed by atoms with Crippen LogP contribution >= 0.6 is 22.9 Å². The van der Waals surface area contributed by atoms with Gasteiger partial charge in [-0.1, -0.05) is 35.1 Å². The molecular weight excluding hydrogens is 264 g/mol. The minimum Gasteiger partial charge on any atom is -0.320 e. The second-order valence-corrected chi connectivity index (χ2v) is 5.45. The van der Waals surface area contributed by atoms with E-state index in [9.17, 15) is 0 Å². The smallest absolute Gasteiger partial charge is 0.190 e. The maximum atomic E-state index is 5.87. The summed E-state index contributed by atoms with van der Waals surface area (Å²) in [7, 11) is 2.04. The fourth-order valence-electron chi connectivity index (χ4n) is 1.81. The molecule has 0 saturated carbocycles. The highest BCUT2D eigenvalue weighted by atomic mass is 35.5. The lowest BCUT2D eigenvalue weighted by Gasteiger charge is -1.95. The maximum Gasteiger partial charge on any atom is 0.190 e. The number of nitrogens with zero attached hydrogens (tertiary/aromatic N) is 2. The van der Waals surface area contributed by atoms with Crippen molar-refractivity contribution >= 4 is 38.8 Å². The van der Waals surface area contributed by atoms with Gasteiger partial charge in [-0.05, 0) is 36.4 Å². The molecule has 0 N–H and O–H groups in total. The van der Waals surface area contributed by atoms with Gasteiger partial charge in [0.2, 0.25) is 0 Å². The Morgan fingerprint density at radius 2 is 1.78 bits per heavy atom. The summed E-state index contributed by atoms with van der Waals surface area (Å²) in [5.41, 5.74) is 2.12. The maximum absolute atomic E-state index is 5.87. The average molecular weight is 275 g/mol. The van der Waals surface area contributed by atoms with Gasteiger partial charge in [-0.2, -0.15) is 0 Å². The minimum absolute atomic E-state index is 0.731. The number of aryl methyl sites for hydroxylation is 1. The van der Waals surface area contributed by atoms with Crippen LogP contribution in [0.15, 0.2) is 53.5 Å². The van der Waals surface area contributed by atoms with E-state index in [0.717, 1.165) is 15.5 Å². The van der Waals surface area contributed by atoms with Gasteiger partial charge in [0.25, 0.3) is 0 Å². The first kappa shape index (κ1) is 11.5. The quantitative estimate of drug-likeness (QED) is 0.635. The first-order valence-corrected chi connectivity index (χ1v) is 6.78. The summed E-state index contributed by atoms with van der Waals surface area (Å²) in [6.45, 7) is 0. The van der Waals surface area contributed by atoms with Crippen molar-refractivity contribution in [1.29, 1.82) is 0 Å². The van der Waals surface area contributed by atoms with Gasteiger partial charge in [-0.25, -0.2) is 4.99 Å². The highest BCUT2D eigenvalue weighted by Crippen LogP contribution is 2.18. The van der Waals surface area contributed by atoms with Crippen molar-refractivity contribution in [3.05, 3.63) is 58.4 Å². The number of rotatable bonds is 1. The van der Waals surface area contributed by atoms with Gasteiger partial charge < -0.3 is 4.57 Å². The molecule has 3 aromatic rings. The highest BCUT2D eigenvalue weighted by Gasteiger charge is 2.01. The molecule has 0 aliphatic carbocycles. The number of halogens is 1. The Morgan fingerprint density at radius 3 is 2.50 bits per heavy atom. The van der Waals surface area contributed by atoms with Crippen LogP contribution in [0.1, 0.15) is 0 Å². The highest BCUT2D eigenvalue weighted by molar-refractivity contribution is 7.16. The van der Waals surface area contributed by atoms with Gasteiger partial charge in [-0.15, -0.1) is 0 Å². The van der Waals surface area contributed by atoms with Crippen LogP contribution in [0.2, 0.25) is 5.02 Å². The molecular formula is C14H11ClN2S. The molecule has 0 radical (unpaired) electrons. The van der Waals surface area contributed by atoms with Crippen molar-refractivity contribution in [2.45, 2.75) is 0 Å². The molecule has 0 aliphatic rings. The summed E-state index contributed by atoms with van der Waals surface area (Å²) in [6.07, 6.45) is 0. The molecule has 3 rings (SSSR count). The van der Waals surface area contributed by atoms with Crippen molar-refractivity contribution < 1.29 is 0 Å². The van der Waals surface area contributed by atoms with Crippen LogP contribution in [0.3, 0.4) is 0 Å². The molecule has 2 nitrogen and oxygen atoms in total. The monoisotopic (exact) mass is 274 g/mol. The van der Waals surface area contributed by atoms with Crippen molar-refractivity contribution in [1.82, 2.24) is 4.57 Å². The third kappa shape index (κ3) is 2.07. The van der Waals surface area contributed by atoms with Crippen molar-refractivity contribution in [2.75, 3.05) is 0 Å². The van der Waals surface area contributed by atoms with Crippen LogP contribution in [0.5, 0.6) is 0 Å². The lowest BCUT2D eigenvalue weighted by Crippen LogP contribution is -2.08. The third-order valence-electron chi connectivity index (χ3n) is 2.77. The van der Waals surface area contributed by atoms with Crippen LogP contribution in [-0.4, -0.2) is 4.57 Å². The zero-order valence-electron chi connectivity index (χ0n) is 9.80. The van der Waals surface area contributed by atoms with Gasteiger partial charge in [0.15, 0.2) is 4.80 Å². The van der Waals surface area contributed by atoms with E-state index in [1.54, 1.807) is 11.3 Å². The van der Waals surface area contributed by atoms with E-state index in [1.165, 1.54) is 10.2 Å². The van der Waals surface area contributed by atoms with Crippen LogP contribution in [0.4, 0.5) is 5.69 Å². The zero-order valence-corrected chi connectivity index (χ0v) is 11.4. The lowest BCUT2D eigenvalue weighted by atomic mass is 10.3. The third-order valence-corrected chi connectivity index (χ3v) is 4.13. The molecule has 0 unspecified atom stereocenters. The number of thiazole rings is 1. The number of aromatic nitrogens is 1. The molecule has 1 heterocycles. The van der Waals surface area contributed by atoms with E-state index in [-0.39, 0.29) is 0 Å². The van der Waals surface area contributed by atoms with Crippen LogP contribution in [0.25, 0.3) is 10.2 Å². The number of hydrogen-bond donors (Lipinski definition) is 0. The van der Waals surface area contributed by atoms with Gasteiger partial charge in [0.1, 0.15) is 0 Å². The standard InChI is InChI=1S/C14H11ClN2S/c1-17-12-4-2-3-5-13(12)18-14(17)16-11-8-6-10(15)7-9-11/h2-9H,1H3. The van der Waals surface area contributed by atoms with Crippen LogP contribution in [-0.2, 0) is 7.05 Å². The molecule has 1 aromatic heterocycles. The van der Waals surface area contributed by atoms with Gasteiger partial charge in [0.05, 0.1) is 15.9 Å². The van der Waals surface area contributed by atoms with Crippen LogP contribution < -0.4 is 4.80 Å². The topological polar surface area (TPSA) is 17.3 Å². The summed E-state index contributed by atoms with van der Waals surface area (Å²) in [6, 6.07) is 15.9. The second kappa shape index (κ2) is 4.59. The molecule has 2 aromatic carbocycles. The lowest BCUT2D eigenvalue weighted by molar-refractivity contribution is 0.912. The molecule has 0 amide bonds. The molecule has 0 saturated heterocycles. The van der Waals surface area contributed by atoms with E-state index in [4.69, 9.17) is 11.6 Å². The van der Waals surface area contributed by atoms with E-state index < -0.39 is 0 Å². The number of hydrogen-bond acceptors (Lipinski definition) is 2. The summed E-state index contributed by atoms with van der Waals surface area (Å²) >= 11 is 7.55. The molecule has 90 valence electrons. The molecule has 0 aliphatic heterocycles. The van der Waals surface area contributed by atoms with E-state index >= 15 is 0 Å². The Kier molecular flexibility index (Phi) is 2.94. The molecule has 0 fully saturated rings. The fraction of sp³-hybridized carbons (Fsp3) is 0.0714. The van der Waals surface area contributed by atoms with E-state index in [1.807, 2.05) is 43.4 Å². The predicted molar refractivity (Wildman–Crippen MR) is 77.5 cm³/mol. The Labute approximate surface area is 114 Å². The average Bonchev–Trinajstić information content (AvgIpc) is 2.70. The first-order chi connectivity index (χ1) is 8.74. The number of para-hydroxylation sites is 1. The molecule has 18 heavy (non-hydrogen) atoms. The van der Waals surface area contributed by atoms with Gasteiger partial charge >= 0.3 is 0 Å². The van der Waals surface area contributed by atoms with E-state index in [0.29, 0.717) is 0 Å². The number of benzene rings is 2. The predicted octanol–water partition coefficient (Wildman–Crippen LogP) is 4.13. The Bertz CT molecular complexity index is 753. The summed E-state index contributed by atoms with van der Waals surface area (Å²) in [5, 5.41) is 0.731. The number of fused-ring (bicyclic) bond motifs is 1. The molecule has 4 heteroatoms. The summed E-state index contributed by atoms with van der Waals surface area (Å²) in [4.78, 5) is 5.63. The van der Waals surface area contributed by atoms with Gasteiger partial charge in [-0.3, -0.25) is 0 Å². The molecule has 0 spiro atoms. The largest absolute Gasteiger partial charge is 0.320 e. The molecule has 0 bridgehead atoms. The Balaban J connectivity index is 2.19. The van der Waals surface area contributed by atoms with Crippen molar-refractivity contribution in [3.63, 3.8) is 0 Å². The fourth-order valence-corrected chi connectivity index (χ4v) is 2.98. The van der Waals surface area contributed by atoms with Crippen LogP contribution in [0, 0.1) is 0 Å². The Morgan fingerprint density at radius 1 is 1.06 bits per heavy atom. The van der Waals surface area contributed by atoms with Crippen molar-refractivity contribution in [2.24, 2.45) is 12.0 Å². The molecule has 0 atom stereocenters. The normalized spacial score (nSPS) is 12.2.